The number of fused-ring (bicyclic) bond motifs is 1. The standard InChI is InChI=1S/C34H32FN8O4/c1-4-8-24-15-23(34(41-24)42(45)46)20-43(2,3)14-7-10-28(44)16-27-17-29-31(19-37-27)38-22-39-33(29)40-25-11-12-32(30(35)18-25)47-21-26-9-5-6-13-36-26/h5-7,9-13,17-19,22H,14-16,20-21H2,1-3H3,(H,38,39,40)/q+1/b10-7+. The van der Waals surface area contributed by atoms with Gasteiger partial charge in [-0.25, -0.2) is 14.4 Å². The predicted molar refractivity (Wildman–Crippen MR) is 175 cm³/mol. The number of likely N-dealkylation sites (N-methyl/N-ethyl adjacent to an activating group) is 1. The van der Waals surface area contributed by atoms with Crippen molar-refractivity contribution in [3.8, 4) is 17.6 Å². The first kappa shape index (κ1) is 32.5. The first-order chi connectivity index (χ1) is 22.6. The number of benzene rings is 1. The Hall–Kier alpha value is -5.87. The van der Waals surface area contributed by atoms with E-state index in [2.05, 4.69) is 42.1 Å². The molecule has 0 atom stereocenters. The Morgan fingerprint density at radius 1 is 1.15 bits per heavy atom. The molecule has 0 unspecified atom stereocenters. The van der Waals surface area contributed by atoms with Crippen molar-refractivity contribution in [3.05, 3.63) is 112 Å². The molecule has 0 spiro atoms. The van der Waals surface area contributed by atoms with Crippen LogP contribution in [-0.2, 0) is 17.8 Å². The first-order valence-electron chi connectivity index (χ1n) is 14.7. The number of ether oxygens (including phenoxy) is 1. The maximum absolute atomic E-state index is 14.8. The van der Waals surface area contributed by atoms with Crippen molar-refractivity contribution in [2.24, 2.45) is 4.99 Å². The molecule has 1 aromatic carbocycles. The van der Waals surface area contributed by atoms with E-state index in [1.54, 1.807) is 49.7 Å². The van der Waals surface area contributed by atoms with Crippen LogP contribution in [0, 0.1) is 27.8 Å². The highest BCUT2D eigenvalue weighted by Crippen LogP contribution is 2.27. The zero-order chi connectivity index (χ0) is 33.4. The summed E-state index contributed by atoms with van der Waals surface area (Å²) in [6.07, 6.45) is 8.21. The van der Waals surface area contributed by atoms with E-state index in [0.29, 0.717) is 69.1 Å². The SMILES string of the molecule is CC#CC1=NC([N+](=O)[O-])=C(C[N+](C)(C)C/C=C/C(=O)Cc2cc3c(Nc4ccc(OCc5ccccn5)c(F)c4)ncnc3cn2)C1. The molecule has 1 aliphatic rings. The molecule has 13 heteroatoms. The molecule has 0 amide bonds. The minimum absolute atomic E-state index is 0.0364. The molecule has 0 saturated heterocycles. The van der Waals surface area contributed by atoms with Crippen LogP contribution in [0.2, 0.25) is 0 Å². The number of nitrogens with zero attached hydrogens (tertiary/aromatic N) is 7. The molecule has 1 aliphatic heterocycles. The molecule has 0 bridgehead atoms. The third-order valence-corrected chi connectivity index (χ3v) is 7.13. The van der Waals surface area contributed by atoms with Crippen molar-refractivity contribution < 1.29 is 23.3 Å². The Kier molecular flexibility index (Phi) is 10.0. The average molecular weight is 636 g/mol. The van der Waals surface area contributed by atoms with Gasteiger partial charge in [-0.3, -0.25) is 14.8 Å². The number of anilines is 2. The van der Waals surface area contributed by atoms with Crippen molar-refractivity contribution >= 4 is 33.9 Å². The zero-order valence-corrected chi connectivity index (χ0v) is 26.1. The zero-order valence-electron chi connectivity index (χ0n) is 26.1. The lowest BCUT2D eigenvalue weighted by Crippen LogP contribution is -2.41. The summed E-state index contributed by atoms with van der Waals surface area (Å²) in [5.74, 6) is 5.21. The maximum Gasteiger partial charge on any atom is 0.369 e. The molecule has 5 rings (SSSR count). The Labute approximate surface area is 270 Å². The summed E-state index contributed by atoms with van der Waals surface area (Å²) in [5.41, 5.74) is 3.29. The summed E-state index contributed by atoms with van der Waals surface area (Å²) in [7, 11) is 3.86. The Morgan fingerprint density at radius 2 is 2.00 bits per heavy atom. The van der Waals surface area contributed by atoms with Gasteiger partial charge >= 0.3 is 5.82 Å². The number of pyridine rings is 2. The Balaban J connectivity index is 1.21. The quantitative estimate of drug-likeness (QED) is 0.0707. The van der Waals surface area contributed by atoms with Crippen LogP contribution in [0.4, 0.5) is 15.9 Å². The molecule has 0 radical (unpaired) electrons. The van der Waals surface area contributed by atoms with Crippen molar-refractivity contribution in [3.63, 3.8) is 0 Å². The highest BCUT2D eigenvalue weighted by Gasteiger charge is 2.32. The molecule has 47 heavy (non-hydrogen) atoms. The predicted octanol–water partition coefficient (Wildman–Crippen LogP) is 4.98. The van der Waals surface area contributed by atoms with E-state index in [1.807, 2.05) is 20.2 Å². The molecule has 4 heterocycles. The van der Waals surface area contributed by atoms with Gasteiger partial charge in [0.15, 0.2) is 17.3 Å². The van der Waals surface area contributed by atoms with Gasteiger partial charge in [-0.15, -0.1) is 0 Å². The lowest BCUT2D eigenvalue weighted by molar-refractivity contribution is -0.880. The number of ketones is 1. The molecular weight excluding hydrogens is 603 g/mol. The Morgan fingerprint density at radius 3 is 2.74 bits per heavy atom. The van der Waals surface area contributed by atoms with Crippen molar-refractivity contribution in [2.75, 3.05) is 32.5 Å². The van der Waals surface area contributed by atoms with E-state index in [4.69, 9.17) is 4.74 Å². The Bertz CT molecular complexity index is 1980. The van der Waals surface area contributed by atoms with Crippen LogP contribution in [0.15, 0.2) is 89.7 Å². The second kappa shape index (κ2) is 14.5. The van der Waals surface area contributed by atoms with Gasteiger partial charge in [0.1, 0.15) is 25.3 Å². The molecule has 4 aromatic rings. The van der Waals surface area contributed by atoms with Crippen LogP contribution >= 0.6 is 0 Å². The number of halogens is 1. The summed E-state index contributed by atoms with van der Waals surface area (Å²) < 4.78 is 20.8. The van der Waals surface area contributed by atoms with Crippen molar-refractivity contribution in [2.45, 2.75) is 26.4 Å². The third-order valence-electron chi connectivity index (χ3n) is 7.13. The van der Waals surface area contributed by atoms with Gasteiger partial charge < -0.3 is 24.7 Å². The van der Waals surface area contributed by atoms with Gasteiger partial charge in [-0.1, -0.05) is 12.0 Å². The highest BCUT2D eigenvalue weighted by atomic mass is 19.1. The molecule has 0 fully saturated rings. The molecular formula is C34H32FN8O4+. The number of nitrogens with one attached hydrogen (secondary N) is 1. The summed E-state index contributed by atoms with van der Waals surface area (Å²) in [4.78, 5) is 45.1. The second-order valence-corrected chi connectivity index (χ2v) is 11.4. The number of allylic oxidation sites excluding steroid dienone is 1. The van der Waals surface area contributed by atoms with E-state index >= 15 is 0 Å². The molecule has 0 aliphatic carbocycles. The van der Waals surface area contributed by atoms with Crippen molar-refractivity contribution in [1.29, 1.82) is 0 Å². The minimum Gasteiger partial charge on any atom is -0.484 e. The van der Waals surface area contributed by atoms with Crippen molar-refractivity contribution in [1.82, 2.24) is 19.9 Å². The number of hydrogen-bond donors (Lipinski definition) is 1. The summed E-state index contributed by atoms with van der Waals surface area (Å²) in [6.45, 7) is 2.65. The van der Waals surface area contributed by atoms with Gasteiger partial charge in [0, 0.05) is 29.0 Å². The number of carbonyl (C=O) groups excluding carboxylic acids is 1. The van der Waals surface area contributed by atoms with E-state index in [0.717, 1.165) is 0 Å². The van der Waals surface area contributed by atoms with Crippen LogP contribution < -0.4 is 10.1 Å². The van der Waals surface area contributed by atoms with E-state index < -0.39 is 10.7 Å². The number of aliphatic imine (C=N–C) groups is 1. The topological polar surface area (TPSA) is 145 Å². The maximum atomic E-state index is 14.8. The molecule has 12 nitrogen and oxygen atoms in total. The fourth-order valence-electron chi connectivity index (χ4n) is 4.99. The van der Waals surface area contributed by atoms with E-state index in [1.165, 1.54) is 24.5 Å². The second-order valence-electron chi connectivity index (χ2n) is 11.4. The number of hydrogen-bond acceptors (Lipinski definition) is 10. The highest BCUT2D eigenvalue weighted by molar-refractivity contribution is 6.03. The van der Waals surface area contributed by atoms with Gasteiger partial charge in [-0.05, 0) is 65.2 Å². The van der Waals surface area contributed by atoms with Crippen LogP contribution in [0.3, 0.4) is 0 Å². The number of quaternary nitrogens is 1. The van der Waals surface area contributed by atoms with Gasteiger partial charge in [0.05, 0.1) is 56.5 Å². The van der Waals surface area contributed by atoms with Crippen LogP contribution in [0.25, 0.3) is 10.9 Å². The number of aromatic nitrogens is 4. The molecule has 3 aromatic heterocycles. The van der Waals surface area contributed by atoms with E-state index in [-0.39, 0.29) is 30.4 Å². The smallest absolute Gasteiger partial charge is 0.369 e. The molecule has 0 saturated carbocycles. The normalized spacial score (nSPS) is 13.0. The monoisotopic (exact) mass is 635 g/mol. The van der Waals surface area contributed by atoms with Crippen LogP contribution in [-0.4, -0.2) is 68.0 Å². The fourth-order valence-corrected chi connectivity index (χ4v) is 4.99. The van der Waals surface area contributed by atoms with E-state index in [9.17, 15) is 19.3 Å². The van der Waals surface area contributed by atoms with Crippen LogP contribution in [0.5, 0.6) is 5.75 Å². The summed E-state index contributed by atoms with van der Waals surface area (Å²) in [5, 5.41) is 15.2. The largest absolute Gasteiger partial charge is 0.484 e. The third kappa shape index (κ3) is 8.65. The number of nitro groups is 1. The lowest BCUT2D eigenvalue weighted by Gasteiger charge is -2.28. The first-order valence-corrected chi connectivity index (χ1v) is 14.7. The number of carbonyl (C=O) groups is 1. The van der Waals surface area contributed by atoms with Gasteiger partial charge in [0.25, 0.3) is 0 Å². The van der Waals surface area contributed by atoms with Crippen LogP contribution in [0.1, 0.15) is 24.7 Å². The molecule has 238 valence electrons. The molecule has 1 N–H and O–H groups in total. The minimum atomic E-state index is -0.548. The summed E-state index contributed by atoms with van der Waals surface area (Å²) >= 11 is 0. The summed E-state index contributed by atoms with van der Waals surface area (Å²) in [6, 6.07) is 11.7. The fraction of sp³-hybridized carbons (Fsp3) is 0.235. The average Bonchev–Trinajstić information content (AvgIpc) is 3.43. The number of rotatable bonds is 13. The van der Waals surface area contributed by atoms with Gasteiger partial charge in [0.2, 0.25) is 5.71 Å². The lowest BCUT2D eigenvalue weighted by atomic mass is 10.1. The van der Waals surface area contributed by atoms with Gasteiger partial charge in [-0.2, -0.15) is 0 Å².